The van der Waals surface area contributed by atoms with Gasteiger partial charge in [-0.25, -0.2) is 0 Å². The lowest BCUT2D eigenvalue weighted by Crippen LogP contribution is -2.44. The molecule has 0 aromatic rings. The van der Waals surface area contributed by atoms with Gasteiger partial charge < -0.3 is 4.90 Å². The summed E-state index contributed by atoms with van der Waals surface area (Å²) in [5, 5.41) is 0. The van der Waals surface area contributed by atoms with Gasteiger partial charge in [-0.15, -0.1) is 0 Å². The molecule has 2 aliphatic heterocycles. The minimum atomic E-state index is 0.365. The van der Waals surface area contributed by atoms with Crippen LogP contribution in [0.4, 0.5) is 0 Å². The Morgan fingerprint density at radius 1 is 0.640 bits per heavy atom. The summed E-state index contributed by atoms with van der Waals surface area (Å²) in [5.74, 6) is 2.62. The summed E-state index contributed by atoms with van der Waals surface area (Å²) >= 11 is 0. The van der Waals surface area contributed by atoms with Gasteiger partial charge in [-0.3, -0.25) is 4.90 Å². The van der Waals surface area contributed by atoms with Gasteiger partial charge >= 0.3 is 0 Å². The van der Waals surface area contributed by atoms with Crippen molar-refractivity contribution in [1.82, 2.24) is 9.80 Å². The molecule has 0 spiro atoms. The zero-order valence-corrected chi connectivity index (χ0v) is 29.5. The first-order valence-corrected chi connectivity index (χ1v) is 20.0. The van der Waals surface area contributed by atoms with Crippen LogP contribution in [0.15, 0.2) is 167 Å². The van der Waals surface area contributed by atoms with Gasteiger partial charge in [0.2, 0.25) is 0 Å². The molecule has 2 fully saturated rings. The van der Waals surface area contributed by atoms with Crippen LogP contribution < -0.4 is 0 Å². The third kappa shape index (κ3) is 5.24. The molecule has 0 radical (unpaired) electrons. The van der Waals surface area contributed by atoms with Gasteiger partial charge in [0.05, 0.1) is 6.04 Å². The quantitative estimate of drug-likeness (QED) is 0.291. The van der Waals surface area contributed by atoms with Gasteiger partial charge in [-0.05, 0) is 91.2 Å². The molecule has 2 heteroatoms. The van der Waals surface area contributed by atoms with E-state index in [4.69, 9.17) is 0 Å². The van der Waals surface area contributed by atoms with Crippen LogP contribution in [-0.2, 0) is 0 Å². The lowest BCUT2D eigenvalue weighted by molar-refractivity contribution is 0.191. The lowest BCUT2D eigenvalue weighted by atomic mass is 9.76. The van der Waals surface area contributed by atoms with Crippen LogP contribution in [-0.4, -0.2) is 34.0 Å². The maximum absolute atomic E-state index is 2.87. The Morgan fingerprint density at radius 2 is 1.48 bits per heavy atom. The molecule has 0 aromatic heterocycles. The highest BCUT2D eigenvalue weighted by atomic mass is 15.3. The highest BCUT2D eigenvalue weighted by Gasteiger charge is 2.50. The van der Waals surface area contributed by atoms with E-state index >= 15 is 0 Å². The number of rotatable bonds is 5. The predicted molar refractivity (Wildman–Crippen MR) is 208 cm³/mol. The summed E-state index contributed by atoms with van der Waals surface area (Å²) in [6, 6.07) is 1.73. The van der Waals surface area contributed by atoms with Crippen molar-refractivity contribution in [2.45, 2.75) is 94.8 Å². The number of allylic oxidation sites excluding steroid dienone is 18. The van der Waals surface area contributed by atoms with Crippen LogP contribution >= 0.6 is 0 Å². The first kappa shape index (κ1) is 30.9. The Hall–Kier alpha value is -3.88. The van der Waals surface area contributed by atoms with E-state index < -0.39 is 0 Å². The Morgan fingerprint density at radius 3 is 2.34 bits per heavy atom. The number of hydrogen-bond donors (Lipinski definition) is 0. The molecule has 0 N–H and O–H groups in total. The van der Waals surface area contributed by atoms with Crippen LogP contribution in [0.25, 0.3) is 0 Å². The maximum atomic E-state index is 2.87. The van der Waals surface area contributed by atoms with Crippen molar-refractivity contribution < 1.29 is 0 Å². The number of nitrogens with zero attached hydrogens (tertiary/aromatic N) is 2. The van der Waals surface area contributed by atoms with Crippen LogP contribution in [0, 0.1) is 29.6 Å². The molecule has 8 unspecified atom stereocenters. The Balaban J connectivity index is 0.965. The van der Waals surface area contributed by atoms with Crippen LogP contribution in [0.2, 0.25) is 0 Å². The summed E-state index contributed by atoms with van der Waals surface area (Å²) in [4.78, 5) is 5.67. The second-order valence-electron chi connectivity index (χ2n) is 16.3. The van der Waals surface area contributed by atoms with Crippen molar-refractivity contribution >= 4 is 0 Å². The van der Waals surface area contributed by atoms with Gasteiger partial charge in [0.1, 0.15) is 0 Å². The second kappa shape index (κ2) is 13.0. The summed E-state index contributed by atoms with van der Waals surface area (Å²) in [7, 11) is 0. The number of fused-ring (bicyclic) bond motifs is 5. The molecular weight excluding hydrogens is 605 g/mol. The van der Waals surface area contributed by atoms with Crippen LogP contribution in [0.3, 0.4) is 0 Å². The normalized spacial score (nSPS) is 37.2. The molecule has 10 rings (SSSR count). The van der Waals surface area contributed by atoms with Gasteiger partial charge in [-0.2, -0.15) is 0 Å². The molecule has 0 aromatic carbocycles. The van der Waals surface area contributed by atoms with Crippen molar-refractivity contribution in [3.05, 3.63) is 167 Å². The average Bonchev–Trinajstić information content (AvgIpc) is 3.71. The smallest absolute Gasteiger partial charge is 0.0623 e. The van der Waals surface area contributed by atoms with Crippen LogP contribution in [0.5, 0.6) is 0 Å². The fourth-order valence-electron chi connectivity index (χ4n) is 11.3. The molecule has 8 atom stereocenters. The van der Waals surface area contributed by atoms with E-state index in [0.29, 0.717) is 47.8 Å². The minimum absolute atomic E-state index is 0.365. The Kier molecular flexibility index (Phi) is 8.05. The predicted octanol–water partition coefficient (Wildman–Crippen LogP) is 10.9. The fourth-order valence-corrected chi connectivity index (χ4v) is 11.3. The van der Waals surface area contributed by atoms with Gasteiger partial charge in [0.25, 0.3) is 0 Å². The first-order valence-electron chi connectivity index (χ1n) is 20.0. The largest absolute Gasteiger partial charge is 0.340 e. The zero-order valence-electron chi connectivity index (χ0n) is 29.5. The molecule has 1 saturated carbocycles. The maximum Gasteiger partial charge on any atom is 0.0623 e. The summed E-state index contributed by atoms with van der Waals surface area (Å²) < 4.78 is 0. The van der Waals surface area contributed by atoms with E-state index in [1.165, 1.54) is 54.5 Å². The van der Waals surface area contributed by atoms with Crippen molar-refractivity contribution in [2.24, 2.45) is 29.6 Å². The van der Waals surface area contributed by atoms with E-state index in [0.717, 1.165) is 44.4 Å². The number of likely N-dealkylation sites (tertiary alicyclic amines) is 1. The molecule has 10 aliphatic rings. The first-order chi connectivity index (χ1) is 24.8. The Bertz CT molecular complexity index is 1850. The highest BCUT2D eigenvalue weighted by Crippen LogP contribution is 2.52. The monoisotopic (exact) mass is 656 g/mol. The third-order valence-corrected chi connectivity index (χ3v) is 13.6. The molecule has 254 valence electrons. The van der Waals surface area contributed by atoms with Crippen molar-refractivity contribution in [3.8, 4) is 0 Å². The second-order valence-corrected chi connectivity index (χ2v) is 16.3. The average molecular weight is 657 g/mol. The summed E-state index contributed by atoms with van der Waals surface area (Å²) in [6.45, 7) is 0. The standard InChI is InChI=1S/C48H52N2/c1-3-13-33(14-4-1)35-25-28-38(29-26-35)49-45-23-9-8-20-42(45)44-32-37(27-30-47(44)49)40-21-12-22-43-41-19-7-10-24-46(41)50(48(40)43)39-18-11-17-36(31-39)34-15-5-2-6-16-34/h2,5,7-10,12,15,17,19-20,22-28,30-33,38,40-42,44-47H,1,3-4,6,11,13-14,16,18,21,29H2. The summed E-state index contributed by atoms with van der Waals surface area (Å²) in [5.41, 5.74) is 10.7. The van der Waals surface area contributed by atoms with E-state index in [1.807, 2.05) is 0 Å². The van der Waals surface area contributed by atoms with Gasteiger partial charge in [-0.1, -0.05) is 141 Å². The topological polar surface area (TPSA) is 6.48 Å². The molecule has 0 amide bonds. The Labute approximate surface area is 300 Å². The van der Waals surface area contributed by atoms with Crippen LogP contribution in [0.1, 0.15) is 70.6 Å². The van der Waals surface area contributed by atoms with Crippen molar-refractivity contribution in [3.63, 3.8) is 0 Å². The van der Waals surface area contributed by atoms with E-state index in [-0.39, 0.29) is 0 Å². The molecule has 1 saturated heterocycles. The third-order valence-electron chi connectivity index (χ3n) is 13.6. The van der Waals surface area contributed by atoms with Crippen molar-refractivity contribution in [1.29, 1.82) is 0 Å². The molecule has 2 heterocycles. The van der Waals surface area contributed by atoms with Crippen molar-refractivity contribution in [2.75, 3.05) is 0 Å². The molecule has 2 nitrogen and oxygen atoms in total. The molecular formula is C48H52N2. The number of hydrogen-bond acceptors (Lipinski definition) is 2. The highest BCUT2D eigenvalue weighted by molar-refractivity contribution is 5.54. The molecule has 50 heavy (non-hydrogen) atoms. The van der Waals surface area contributed by atoms with Gasteiger partial charge in [0.15, 0.2) is 0 Å². The fraction of sp³-hybridized carbons (Fsp3) is 0.417. The lowest BCUT2D eigenvalue weighted by Gasteiger charge is -2.39. The van der Waals surface area contributed by atoms with E-state index in [2.05, 4.69) is 137 Å². The molecule has 0 bridgehead atoms. The zero-order chi connectivity index (χ0) is 33.0. The summed E-state index contributed by atoms with van der Waals surface area (Å²) in [6.07, 6.45) is 65.4. The van der Waals surface area contributed by atoms with Gasteiger partial charge in [0, 0.05) is 53.2 Å². The SMILES string of the molecule is C1=CCCC(C2=CCCC(N3C4=C(C=CCC4C4=CC5C6C=CC=CC6N(C6C=CC(C7CCCCC7)=CC6)C5C=C4)C4C=CC=CC43)=C2)=C1. The van der Waals surface area contributed by atoms with E-state index in [1.54, 1.807) is 16.8 Å². The van der Waals surface area contributed by atoms with E-state index in [9.17, 15) is 0 Å². The molecule has 8 aliphatic carbocycles. The minimum Gasteiger partial charge on any atom is -0.340 e.